The molecule has 0 fully saturated rings. The molecular weight excluding hydrogens is 282 g/mol. The van der Waals surface area contributed by atoms with Gasteiger partial charge in [0.05, 0.1) is 0 Å². The van der Waals surface area contributed by atoms with Gasteiger partial charge in [0.2, 0.25) is 11.7 Å². The molecule has 0 aliphatic rings. The zero-order valence-electron chi connectivity index (χ0n) is 10.7. The number of rotatable bonds is 4. The van der Waals surface area contributed by atoms with Crippen LogP contribution in [0, 0.1) is 0 Å². The molecule has 2 rings (SSSR count). The van der Waals surface area contributed by atoms with Crippen molar-refractivity contribution in [2.75, 3.05) is 0 Å². The minimum Gasteiger partial charge on any atom is -0.430 e. The van der Waals surface area contributed by atoms with Crippen molar-refractivity contribution >= 4 is 12.6 Å². The number of nitrogens with zero attached hydrogens (tertiary/aromatic N) is 1. The molecule has 0 aliphatic heterocycles. The highest BCUT2D eigenvalue weighted by Gasteiger charge is 2.51. The van der Waals surface area contributed by atoms with Crippen LogP contribution in [0.3, 0.4) is 0 Å². The Hall–Kier alpha value is -1.38. The minimum atomic E-state index is -2.99. The van der Waals surface area contributed by atoms with E-state index in [4.69, 9.17) is 4.42 Å². The van der Waals surface area contributed by atoms with Crippen LogP contribution in [0.25, 0.3) is 11.5 Å². The van der Waals surface area contributed by atoms with Crippen molar-refractivity contribution in [1.82, 2.24) is 4.98 Å². The average molecular weight is 297 g/mol. The fourth-order valence-electron chi connectivity index (χ4n) is 1.68. The first kappa shape index (κ1) is 15.0. The van der Waals surface area contributed by atoms with Crippen molar-refractivity contribution in [3.8, 4) is 11.5 Å². The van der Waals surface area contributed by atoms with E-state index in [1.165, 1.54) is 6.92 Å². The molecular formula is C13H15NO5S. The molecule has 0 saturated carbocycles. The van der Waals surface area contributed by atoms with E-state index in [0.29, 0.717) is 5.56 Å². The van der Waals surface area contributed by atoms with Gasteiger partial charge in [-0.15, -0.1) is 12.6 Å². The zero-order valence-corrected chi connectivity index (χ0v) is 11.6. The molecule has 20 heavy (non-hydrogen) atoms. The highest BCUT2D eigenvalue weighted by molar-refractivity contribution is 7.80. The van der Waals surface area contributed by atoms with Crippen LogP contribution in [0.1, 0.15) is 19.0 Å². The van der Waals surface area contributed by atoms with Gasteiger partial charge in [-0.1, -0.05) is 25.1 Å². The molecule has 0 unspecified atom stereocenters. The van der Waals surface area contributed by atoms with Gasteiger partial charge in [-0.25, -0.2) is 4.98 Å². The van der Waals surface area contributed by atoms with Crippen LogP contribution in [-0.2, 0) is 5.79 Å². The number of aromatic nitrogens is 1. The standard InChI is InChI=1S/C13H15NO5S/c1-2-12(15,16)13(17,18)9-11(20)19-10(14-9)8-6-4-3-5-7-8/h3-7,15-18,20H,2H2,1H3. The summed E-state index contributed by atoms with van der Waals surface area (Å²) >= 11 is 3.96. The predicted molar refractivity (Wildman–Crippen MR) is 72.8 cm³/mol. The number of oxazole rings is 1. The van der Waals surface area contributed by atoms with Gasteiger partial charge in [0, 0.05) is 12.0 Å². The molecule has 0 radical (unpaired) electrons. The monoisotopic (exact) mass is 297 g/mol. The van der Waals surface area contributed by atoms with Gasteiger partial charge in [0.25, 0.3) is 5.79 Å². The maximum Gasteiger partial charge on any atom is 0.267 e. The third-order valence-corrected chi connectivity index (χ3v) is 3.31. The molecule has 0 bridgehead atoms. The Morgan fingerprint density at radius 2 is 1.75 bits per heavy atom. The lowest BCUT2D eigenvalue weighted by Gasteiger charge is -2.32. The van der Waals surface area contributed by atoms with Crippen LogP contribution < -0.4 is 0 Å². The minimum absolute atomic E-state index is 0.102. The van der Waals surface area contributed by atoms with Gasteiger partial charge >= 0.3 is 0 Å². The average Bonchev–Trinajstić information content (AvgIpc) is 2.82. The SMILES string of the molecule is CCC(O)(O)C(O)(O)c1nc(-c2ccccc2)oc1S. The highest BCUT2D eigenvalue weighted by Crippen LogP contribution is 2.36. The number of aliphatic hydroxyl groups is 4. The van der Waals surface area contributed by atoms with Crippen molar-refractivity contribution in [1.29, 1.82) is 0 Å². The molecule has 7 heteroatoms. The summed E-state index contributed by atoms with van der Waals surface area (Å²) in [5, 5.41) is 39.0. The van der Waals surface area contributed by atoms with E-state index in [1.54, 1.807) is 30.3 Å². The largest absolute Gasteiger partial charge is 0.430 e. The van der Waals surface area contributed by atoms with Crippen molar-refractivity contribution in [2.24, 2.45) is 0 Å². The van der Waals surface area contributed by atoms with Crippen LogP contribution in [0.5, 0.6) is 0 Å². The second-order valence-corrected chi connectivity index (χ2v) is 4.79. The fourth-order valence-corrected chi connectivity index (χ4v) is 1.97. The molecule has 2 aromatic rings. The molecule has 4 N–H and O–H groups in total. The van der Waals surface area contributed by atoms with Gasteiger partial charge in [0.1, 0.15) is 0 Å². The van der Waals surface area contributed by atoms with E-state index < -0.39 is 17.3 Å². The molecule has 108 valence electrons. The maximum atomic E-state index is 9.94. The quantitative estimate of drug-likeness (QED) is 0.423. The second-order valence-electron chi connectivity index (χ2n) is 4.38. The molecule has 0 atom stereocenters. The van der Waals surface area contributed by atoms with E-state index in [0.717, 1.165) is 0 Å². The van der Waals surface area contributed by atoms with Gasteiger partial charge < -0.3 is 24.8 Å². The zero-order chi connectivity index (χ0) is 15.0. The Kier molecular flexibility index (Phi) is 3.90. The maximum absolute atomic E-state index is 9.94. The lowest BCUT2D eigenvalue weighted by Crippen LogP contribution is -2.52. The van der Waals surface area contributed by atoms with Crippen LogP contribution in [0.2, 0.25) is 0 Å². The Morgan fingerprint density at radius 3 is 2.30 bits per heavy atom. The topological polar surface area (TPSA) is 107 Å². The van der Waals surface area contributed by atoms with E-state index >= 15 is 0 Å². The predicted octanol–water partition coefficient (Wildman–Crippen LogP) is 0.859. The lowest BCUT2D eigenvalue weighted by atomic mass is 10.0. The van der Waals surface area contributed by atoms with Gasteiger partial charge in [-0.3, -0.25) is 0 Å². The summed E-state index contributed by atoms with van der Waals surface area (Å²) < 4.78 is 5.24. The van der Waals surface area contributed by atoms with Crippen LogP contribution >= 0.6 is 12.6 Å². The first-order chi connectivity index (χ1) is 9.29. The fraction of sp³-hybridized carbons (Fsp3) is 0.308. The highest BCUT2D eigenvalue weighted by atomic mass is 32.1. The van der Waals surface area contributed by atoms with E-state index in [9.17, 15) is 20.4 Å². The third-order valence-electron chi connectivity index (χ3n) is 3.01. The molecule has 0 saturated heterocycles. The Bertz CT molecular complexity index is 594. The summed E-state index contributed by atoms with van der Waals surface area (Å²) in [4.78, 5) is 3.90. The summed E-state index contributed by atoms with van der Waals surface area (Å²) in [6.07, 6.45) is -0.319. The summed E-state index contributed by atoms with van der Waals surface area (Å²) in [6, 6.07) is 8.75. The van der Waals surface area contributed by atoms with Crippen molar-refractivity contribution < 1.29 is 24.8 Å². The van der Waals surface area contributed by atoms with E-state index in [1.807, 2.05) is 0 Å². The van der Waals surface area contributed by atoms with Crippen LogP contribution in [0.15, 0.2) is 39.8 Å². The van der Waals surface area contributed by atoms with Crippen molar-refractivity contribution in [2.45, 2.75) is 30.0 Å². The molecule has 1 heterocycles. The van der Waals surface area contributed by atoms with Crippen LogP contribution in [0.4, 0.5) is 0 Å². The number of benzene rings is 1. The van der Waals surface area contributed by atoms with Crippen molar-refractivity contribution in [3.63, 3.8) is 0 Å². The molecule has 0 amide bonds. The van der Waals surface area contributed by atoms with E-state index in [2.05, 4.69) is 17.6 Å². The number of hydrogen-bond donors (Lipinski definition) is 5. The molecule has 6 nitrogen and oxygen atoms in total. The normalized spacial score (nSPS) is 12.7. The smallest absolute Gasteiger partial charge is 0.267 e. The van der Waals surface area contributed by atoms with E-state index in [-0.39, 0.29) is 17.4 Å². The Morgan fingerprint density at radius 1 is 1.15 bits per heavy atom. The van der Waals surface area contributed by atoms with Gasteiger partial charge in [0.15, 0.2) is 10.8 Å². The second kappa shape index (κ2) is 5.19. The van der Waals surface area contributed by atoms with Crippen LogP contribution in [-0.4, -0.2) is 31.2 Å². The summed E-state index contributed by atoms with van der Waals surface area (Å²) in [7, 11) is 0. The summed E-state index contributed by atoms with van der Waals surface area (Å²) in [5.74, 6) is -5.66. The molecule has 1 aromatic carbocycles. The molecule has 1 aromatic heterocycles. The molecule has 0 aliphatic carbocycles. The van der Waals surface area contributed by atoms with Gasteiger partial charge in [-0.05, 0) is 12.1 Å². The lowest BCUT2D eigenvalue weighted by molar-refractivity contribution is -0.369. The first-order valence-electron chi connectivity index (χ1n) is 5.94. The Balaban J connectivity index is 2.48. The number of hydrogen-bond acceptors (Lipinski definition) is 7. The summed E-state index contributed by atoms with van der Waals surface area (Å²) in [5.41, 5.74) is 0.148. The summed E-state index contributed by atoms with van der Waals surface area (Å²) in [6.45, 7) is 1.39. The Labute approximate surface area is 120 Å². The third kappa shape index (κ3) is 2.46. The molecule has 0 spiro atoms. The van der Waals surface area contributed by atoms with Gasteiger partial charge in [-0.2, -0.15) is 0 Å². The van der Waals surface area contributed by atoms with Crippen molar-refractivity contribution in [3.05, 3.63) is 36.0 Å². The number of thiol groups is 1. The first-order valence-corrected chi connectivity index (χ1v) is 6.39.